The lowest BCUT2D eigenvalue weighted by atomic mass is 10.1. The number of hydrogen-bond acceptors (Lipinski definition) is 5. The molecule has 9 nitrogen and oxygen atoms in total. The highest BCUT2D eigenvalue weighted by molar-refractivity contribution is 6.31. The number of nitrogens with one attached hydrogen (secondary N) is 2. The minimum Gasteiger partial charge on any atom is -0.374 e. The minimum atomic E-state index is -0.583. The molecule has 1 aliphatic carbocycles. The normalized spacial score (nSPS) is 15.0. The third-order valence-electron chi connectivity index (χ3n) is 5.07. The van der Waals surface area contributed by atoms with Crippen LogP contribution in [-0.4, -0.2) is 43.7 Å². The summed E-state index contributed by atoms with van der Waals surface area (Å²) in [5.74, 6) is -0.897. The average Bonchev–Trinajstić information content (AvgIpc) is 3.41. The first-order chi connectivity index (χ1) is 14.3. The number of aryl methyl sites for hydroxylation is 1. The molecule has 30 heavy (non-hydrogen) atoms. The van der Waals surface area contributed by atoms with Crippen molar-refractivity contribution in [2.45, 2.75) is 18.9 Å². The van der Waals surface area contributed by atoms with E-state index < -0.39 is 11.9 Å². The fourth-order valence-electron chi connectivity index (χ4n) is 3.68. The molecule has 1 aliphatic rings. The van der Waals surface area contributed by atoms with Crippen molar-refractivity contribution in [3.8, 4) is 6.01 Å². The molecule has 0 bridgehead atoms. The number of H-pyrrole nitrogens is 1. The van der Waals surface area contributed by atoms with Gasteiger partial charge in [0.15, 0.2) is 0 Å². The fourth-order valence-corrected chi connectivity index (χ4v) is 3.86. The first-order valence-electron chi connectivity index (χ1n) is 9.09. The zero-order valence-electron chi connectivity index (χ0n) is 16.1. The second-order valence-electron chi connectivity index (χ2n) is 6.93. The van der Waals surface area contributed by atoms with Crippen molar-refractivity contribution in [3.05, 3.63) is 58.4 Å². The predicted molar refractivity (Wildman–Crippen MR) is 106 cm³/mol. The van der Waals surface area contributed by atoms with Gasteiger partial charge in [0.05, 0.1) is 11.1 Å². The molecular weight excluding hydrogens is 415 g/mol. The zero-order valence-corrected chi connectivity index (χ0v) is 16.9. The quantitative estimate of drug-likeness (QED) is 0.658. The molecule has 2 amide bonds. The fraction of sp³-hybridized carbons (Fsp3) is 0.263. The van der Waals surface area contributed by atoms with Gasteiger partial charge in [-0.2, -0.15) is 10.1 Å². The van der Waals surface area contributed by atoms with Crippen LogP contribution in [0.3, 0.4) is 0 Å². The van der Waals surface area contributed by atoms with Gasteiger partial charge in [-0.1, -0.05) is 11.6 Å². The molecule has 2 heterocycles. The Bertz CT molecular complexity index is 1110. The Balaban J connectivity index is 1.53. The lowest BCUT2D eigenvalue weighted by Gasteiger charge is -2.23. The number of ether oxygens (including phenoxy) is 1. The number of carbonyl (C=O) groups excluding carboxylic acids is 2. The lowest BCUT2D eigenvalue weighted by Crippen LogP contribution is -2.32. The molecule has 0 aliphatic heterocycles. The van der Waals surface area contributed by atoms with E-state index in [1.165, 1.54) is 29.4 Å². The molecule has 0 saturated heterocycles. The van der Waals surface area contributed by atoms with Crippen LogP contribution in [0.5, 0.6) is 6.01 Å². The lowest BCUT2D eigenvalue weighted by molar-refractivity contribution is 0.101. The monoisotopic (exact) mass is 432 g/mol. The number of aromatic nitrogens is 4. The molecule has 1 unspecified atom stereocenters. The van der Waals surface area contributed by atoms with E-state index in [2.05, 4.69) is 20.5 Å². The number of aromatic amines is 1. The predicted octanol–water partition coefficient (Wildman–Crippen LogP) is 3.31. The Morgan fingerprint density at radius 1 is 1.43 bits per heavy atom. The number of rotatable bonds is 4. The van der Waals surface area contributed by atoms with Gasteiger partial charge in [-0.05, 0) is 42.2 Å². The molecule has 4 rings (SSSR count). The number of halogens is 2. The molecule has 0 fully saturated rings. The Morgan fingerprint density at radius 2 is 2.23 bits per heavy atom. The van der Waals surface area contributed by atoms with Crippen LogP contribution in [-0.2, 0) is 13.5 Å². The number of amides is 2. The third kappa shape index (κ3) is 3.61. The number of carbonyl (C=O) groups is 2. The van der Waals surface area contributed by atoms with Crippen LogP contribution in [0, 0.1) is 5.82 Å². The van der Waals surface area contributed by atoms with Crippen molar-refractivity contribution in [1.29, 1.82) is 0 Å². The number of anilines is 1. The van der Waals surface area contributed by atoms with E-state index in [0.29, 0.717) is 24.2 Å². The van der Waals surface area contributed by atoms with Gasteiger partial charge < -0.3 is 19.5 Å². The van der Waals surface area contributed by atoms with Crippen LogP contribution in [0.25, 0.3) is 0 Å². The maximum Gasteiger partial charge on any atom is 0.417 e. The summed E-state index contributed by atoms with van der Waals surface area (Å²) in [5.41, 5.74) is 2.60. The second kappa shape index (κ2) is 7.79. The summed E-state index contributed by atoms with van der Waals surface area (Å²) in [7, 11) is 3.39. The Morgan fingerprint density at radius 3 is 2.93 bits per heavy atom. The van der Waals surface area contributed by atoms with Gasteiger partial charge in [-0.3, -0.25) is 4.79 Å². The first-order valence-corrected chi connectivity index (χ1v) is 9.47. The van der Waals surface area contributed by atoms with Crippen LogP contribution >= 0.6 is 11.6 Å². The molecule has 0 radical (unpaired) electrons. The average molecular weight is 433 g/mol. The van der Waals surface area contributed by atoms with E-state index in [1.54, 1.807) is 18.7 Å². The molecule has 1 aromatic carbocycles. The van der Waals surface area contributed by atoms with Crippen LogP contribution in [0.1, 0.15) is 34.1 Å². The van der Waals surface area contributed by atoms with Crippen molar-refractivity contribution in [3.63, 3.8) is 0 Å². The van der Waals surface area contributed by atoms with Crippen molar-refractivity contribution < 1.29 is 18.7 Å². The zero-order chi connectivity index (χ0) is 21.4. The van der Waals surface area contributed by atoms with E-state index in [0.717, 1.165) is 11.1 Å². The van der Waals surface area contributed by atoms with Crippen molar-refractivity contribution in [2.24, 2.45) is 7.05 Å². The SMILES string of the molecule is CN(C(=O)Oc1ncn[nH]1)C1CCc2c1cn(C)c2C(=O)Nc1ccc(F)c(Cl)c1. The van der Waals surface area contributed by atoms with Crippen molar-refractivity contribution in [1.82, 2.24) is 24.6 Å². The minimum absolute atomic E-state index is 0.0103. The Labute approximate surface area is 175 Å². The molecule has 0 saturated carbocycles. The molecule has 11 heteroatoms. The summed E-state index contributed by atoms with van der Waals surface area (Å²) < 4.78 is 20.2. The Kier molecular flexibility index (Phi) is 5.17. The maximum atomic E-state index is 13.4. The van der Waals surface area contributed by atoms with Gasteiger partial charge in [-0.15, -0.1) is 0 Å². The van der Waals surface area contributed by atoms with E-state index >= 15 is 0 Å². The van der Waals surface area contributed by atoms with Gasteiger partial charge in [0.1, 0.15) is 17.8 Å². The van der Waals surface area contributed by atoms with E-state index in [1.807, 2.05) is 6.20 Å². The summed E-state index contributed by atoms with van der Waals surface area (Å²) in [6.45, 7) is 0. The second-order valence-corrected chi connectivity index (χ2v) is 7.34. The smallest absolute Gasteiger partial charge is 0.374 e. The standard InChI is InChI=1S/C19H18ClFN6O3/c1-26-8-12-11(16(26)17(28)24-10-3-5-14(21)13(20)7-10)4-6-15(12)27(2)19(29)30-18-22-9-23-25-18/h3,5,7-9,15H,4,6H2,1-2H3,(H,24,28)(H,22,23,25). The van der Waals surface area contributed by atoms with Crippen molar-refractivity contribution >= 4 is 29.3 Å². The first kappa shape index (κ1) is 19.9. The molecule has 0 spiro atoms. The molecule has 2 N–H and O–H groups in total. The highest BCUT2D eigenvalue weighted by atomic mass is 35.5. The summed E-state index contributed by atoms with van der Waals surface area (Å²) in [4.78, 5) is 30.5. The van der Waals surface area contributed by atoms with E-state index in [9.17, 15) is 14.0 Å². The summed E-state index contributed by atoms with van der Waals surface area (Å²) in [6, 6.07) is 3.75. The third-order valence-corrected chi connectivity index (χ3v) is 5.36. The number of nitrogens with zero attached hydrogens (tertiary/aromatic N) is 4. The molecule has 2 aromatic heterocycles. The van der Waals surface area contributed by atoms with Crippen LogP contribution in [0.4, 0.5) is 14.9 Å². The summed E-state index contributed by atoms with van der Waals surface area (Å²) in [6.07, 6.45) is 3.76. The van der Waals surface area contributed by atoms with Crippen molar-refractivity contribution in [2.75, 3.05) is 12.4 Å². The summed E-state index contributed by atoms with van der Waals surface area (Å²) in [5, 5.41) is 8.78. The number of hydrogen-bond donors (Lipinski definition) is 2. The molecule has 3 aromatic rings. The topological polar surface area (TPSA) is 105 Å². The number of benzene rings is 1. The van der Waals surface area contributed by atoms with Crippen LogP contribution in [0.2, 0.25) is 5.02 Å². The number of fused-ring (bicyclic) bond motifs is 1. The largest absolute Gasteiger partial charge is 0.417 e. The highest BCUT2D eigenvalue weighted by Crippen LogP contribution is 2.38. The van der Waals surface area contributed by atoms with E-state index in [-0.39, 0.29) is 23.0 Å². The van der Waals surface area contributed by atoms with Crippen LogP contribution in [0.15, 0.2) is 30.7 Å². The Hall–Kier alpha value is -3.40. The van der Waals surface area contributed by atoms with Gasteiger partial charge >= 0.3 is 12.1 Å². The van der Waals surface area contributed by atoms with Gasteiger partial charge in [0.25, 0.3) is 5.91 Å². The van der Waals surface area contributed by atoms with E-state index in [4.69, 9.17) is 16.3 Å². The van der Waals surface area contributed by atoms with Crippen LogP contribution < -0.4 is 10.1 Å². The maximum absolute atomic E-state index is 13.4. The molecular formula is C19H18ClFN6O3. The molecule has 1 atom stereocenters. The van der Waals surface area contributed by atoms with Gasteiger partial charge in [0, 0.05) is 26.0 Å². The highest BCUT2D eigenvalue weighted by Gasteiger charge is 2.35. The molecule has 156 valence electrons. The van der Waals surface area contributed by atoms with Gasteiger partial charge in [-0.25, -0.2) is 14.3 Å². The van der Waals surface area contributed by atoms with Gasteiger partial charge in [0.2, 0.25) is 0 Å². The summed E-state index contributed by atoms with van der Waals surface area (Å²) >= 11 is 5.79.